The van der Waals surface area contributed by atoms with Crippen LogP contribution in [0.15, 0.2) is 17.2 Å². The molecule has 0 radical (unpaired) electrons. The van der Waals surface area contributed by atoms with E-state index in [1.165, 1.54) is 12.4 Å². The predicted octanol–water partition coefficient (Wildman–Crippen LogP) is 1.27. The minimum Gasteiger partial charge on any atom is -0.476 e. The lowest BCUT2D eigenvalue weighted by Gasteiger charge is -2.30. The van der Waals surface area contributed by atoms with Crippen LogP contribution in [-0.2, 0) is 0 Å². The van der Waals surface area contributed by atoms with Gasteiger partial charge < -0.3 is 9.72 Å². The lowest BCUT2D eigenvalue weighted by molar-refractivity contribution is 0.140. The fourth-order valence-corrected chi connectivity index (χ4v) is 1.80. The number of aromatic amines is 1. The van der Waals surface area contributed by atoms with Gasteiger partial charge in [-0.2, -0.15) is 0 Å². The van der Waals surface area contributed by atoms with Gasteiger partial charge in [0.1, 0.15) is 6.61 Å². The van der Waals surface area contributed by atoms with Gasteiger partial charge >= 0.3 is 0 Å². The molecular weight excluding hydrogens is 218 g/mol. The lowest BCUT2D eigenvalue weighted by Crippen LogP contribution is -2.39. The van der Waals surface area contributed by atoms with Crippen molar-refractivity contribution in [2.45, 2.75) is 39.8 Å². The quantitative estimate of drug-likeness (QED) is 0.812. The summed E-state index contributed by atoms with van der Waals surface area (Å²) in [5.41, 5.74) is -0.195. The lowest BCUT2D eigenvalue weighted by atomic mass is 10.2. The summed E-state index contributed by atoms with van der Waals surface area (Å²) in [6.45, 7) is 9.99. The number of nitrogens with one attached hydrogen (secondary N) is 1. The van der Waals surface area contributed by atoms with E-state index in [1.54, 1.807) is 0 Å². The smallest absolute Gasteiger partial charge is 0.254 e. The van der Waals surface area contributed by atoms with Crippen LogP contribution in [0.3, 0.4) is 0 Å². The van der Waals surface area contributed by atoms with Crippen LogP contribution in [0.25, 0.3) is 0 Å². The fraction of sp³-hybridized carbons (Fsp3) is 0.667. The van der Waals surface area contributed by atoms with Crippen LogP contribution in [0.1, 0.15) is 27.7 Å². The minimum absolute atomic E-state index is 0.195. The molecule has 0 bridgehead atoms. The minimum atomic E-state index is -0.195. The zero-order valence-electron chi connectivity index (χ0n) is 10.9. The molecular formula is C12H21N3O2. The zero-order valence-corrected chi connectivity index (χ0v) is 10.9. The molecule has 0 aromatic carbocycles. The summed E-state index contributed by atoms with van der Waals surface area (Å²) < 4.78 is 5.44. The molecule has 1 aromatic heterocycles. The molecule has 1 heterocycles. The SMILES string of the molecule is CC(C)N(CCOc1cc(=O)[nH]cn1)C(C)C. The van der Waals surface area contributed by atoms with Crippen LogP contribution < -0.4 is 10.3 Å². The average molecular weight is 239 g/mol. The molecule has 0 aliphatic carbocycles. The van der Waals surface area contributed by atoms with Gasteiger partial charge in [-0.05, 0) is 27.7 Å². The van der Waals surface area contributed by atoms with E-state index < -0.39 is 0 Å². The van der Waals surface area contributed by atoms with Crippen molar-refractivity contribution in [3.05, 3.63) is 22.7 Å². The first-order valence-corrected chi connectivity index (χ1v) is 5.94. The van der Waals surface area contributed by atoms with Crippen molar-refractivity contribution in [3.8, 4) is 5.88 Å². The largest absolute Gasteiger partial charge is 0.476 e. The van der Waals surface area contributed by atoms with Crippen molar-refractivity contribution < 1.29 is 4.74 Å². The highest BCUT2D eigenvalue weighted by atomic mass is 16.5. The standard InChI is InChI=1S/C12H21N3O2/c1-9(2)15(10(3)4)5-6-17-12-7-11(16)13-8-14-12/h7-10H,5-6H2,1-4H3,(H,13,14,16). The van der Waals surface area contributed by atoms with Crippen LogP contribution in [-0.4, -0.2) is 40.1 Å². The van der Waals surface area contributed by atoms with Crippen LogP contribution in [0, 0.1) is 0 Å². The molecule has 0 saturated carbocycles. The molecule has 1 aromatic rings. The van der Waals surface area contributed by atoms with Crippen LogP contribution in [0.5, 0.6) is 5.88 Å². The summed E-state index contributed by atoms with van der Waals surface area (Å²) in [5, 5.41) is 0. The van der Waals surface area contributed by atoms with E-state index in [9.17, 15) is 4.79 Å². The Kier molecular flexibility index (Phi) is 5.15. The van der Waals surface area contributed by atoms with Gasteiger partial charge in [-0.15, -0.1) is 0 Å². The predicted molar refractivity (Wildman–Crippen MR) is 67.3 cm³/mol. The second-order valence-electron chi connectivity index (χ2n) is 4.52. The topological polar surface area (TPSA) is 58.2 Å². The molecule has 5 heteroatoms. The van der Waals surface area contributed by atoms with E-state index in [0.29, 0.717) is 24.6 Å². The van der Waals surface area contributed by atoms with E-state index >= 15 is 0 Å². The van der Waals surface area contributed by atoms with Gasteiger partial charge in [0.2, 0.25) is 5.88 Å². The molecule has 0 aliphatic heterocycles. The van der Waals surface area contributed by atoms with Crippen LogP contribution in [0.4, 0.5) is 0 Å². The molecule has 0 atom stereocenters. The third-order valence-electron chi connectivity index (χ3n) is 2.58. The van der Waals surface area contributed by atoms with Crippen molar-refractivity contribution in [1.29, 1.82) is 0 Å². The third kappa shape index (κ3) is 4.56. The maximum Gasteiger partial charge on any atom is 0.254 e. The van der Waals surface area contributed by atoms with E-state index in [1.807, 2.05) is 0 Å². The summed E-state index contributed by atoms with van der Waals surface area (Å²) in [6.07, 6.45) is 1.35. The first-order valence-electron chi connectivity index (χ1n) is 5.94. The Hall–Kier alpha value is -1.36. The van der Waals surface area contributed by atoms with Crippen LogP contribution in [0.2, 0.25) is 0 Å². The number of hydrogen-bond donors (Lipinski definition) is 1. The van der Waals surface area contributed by atoms with Gasteiger partial charge in [-0.25, -0.2) is 4.98 Å². The Labute approximate surface area is 102 Å². The van der Waals surface area contributed by atoms with Gasteiger partial charge in [0.05, 0.1) is 12.4 Å². The second kappa shape index (κ2) is 6.39. The zero-order chi connectivity index (χ0) is 12.8. The van der Waals surface area contributed by atoms with Gasteiger partial charge in [-0.1, -0.05) is 0 Å². The molecule has 1 N–H and O–H groups in total. The molecule has 0 unspecified atom stereocenters. The highest BCUT2D eigenvalue weighted by Crippen LogP contribution is 2.05. The molecule has 5 nitrogen and oxygen atoms in total. The molecule has 1 rings (SSSR count). The normalized spacial score (nSPS) is 11.5. The molecule has 17 heavy (non-hydrogen) atoms. The number of rotatable bonds is 6. The number of ether oxygens (including phenoxy) is 1. The monoisotopic (exact) mass is 239 g/mol. The van der Waals surface area contributed by atoms with Crippen molar-refractivity contribution in [1.82, 2.24) is 14.9 Å². The Morgan fingerprint density at radius 2 is 2.00 bits per heavy atom. The Morgan fingerprint density at radius 1 is 1.35 bits per heavy atom. The van der Waals surface area contributed by atoms with E-state index in [0.717, 1.165) is 6.54 Å². The number of aromatic nitrogens is 2. The first kappa shape index (κ1) is 13.7. The second-order valence-corrected chi connectivity index (χ2v) is 4.52. The Bertz CT molecular complexity index is 379. The van der Waals surface area contributed by atoms with Crippen molar-refractivity contribution in [3.63, 3.8) is 0 Å². The van der Waals surface area contributed by atoms with E-state index in [4.69, 9.17) is 4.74 Å². The molecule has 96 valence electrons. The van der Waals surface area contributed by atoms with Crippen molar-refractivity contribution in [2.24, 2.45) is 0 Å². The highest BCUT2D eigenvalue weighted by molar-refractivity contribution is 5.04. The number of H-pyrrole nitrogens is 1. The summed E-state index contributed by atoms with van der Waals surface area (Å²) in [7, 11) is 0. The van der Waals surface area contributed by atoms with Crippen molar-refractivity contribution in [2.75, 3.05) is 13.2 Å². The summed E-state index contributed by atoms with van der Waals surface area (Å²) in [6, 6.07) is 2.31. The molecule has 0 fully saturated rings. The maximum absolute atomic E-state index is 11.0. The first-order chi connectivity index (χ1) is 8.00. The van der Waals surface area contributed by atoms with E-state index in [-0.39, 0.29) is 5.56 Å². The van der Waals surface area contributed by atoms with E-state index in [2.05, 4.69) is 42.6 Å². The van der Waals surface area contributed by atoms with Gasteiger partial charge in [0.15, 0.2) is 0 Å². The van der Waals surface area contributed by atoms with Crippen molar-refractivity contribution >= 4 is 0 Å². The maximum atomic E-state index is 11.0. The summed E-state index contributed by atoms with van der Waals surface area (Å²) in [5.74, 6) is 0.376. The van der Waals surface area contributed by atoms with Gasteiger partial charge in [0.25, 0.3) is 5.56 Å². The summed E-state index contributed by atoms with van der Waals surface area (Å²) in [4.78, 5) is 19.7. The molecule has 0 saturated heterocycles. The fourth-order valence-electron chi connectivity index (χ4n) is 1.80. The van der Waals surface area contributed by atoms with Gasteiger partial charge in [-0.3, -0.25) is 9.69 Å². The Morgan fingerprint density at radius 3 is 2.53 bits per heavy atom. The molecule has 0 spiro atoms. The molecule has 0 aliphatic rings. The number of nitrogens with zero attached hydrogens (tertiary/aromatic N) is 2. The third-order valence-corrected chi connectivity index (χ3v) is 2.58. The molecule has 0 amide bonds. The highest BCUT2D eigenvalue weighted by Gasteiger charge is 2.12. The Balaban J connectivity index is 2.44. The average Bonchev–Trinajstić information content (AvgIpc) is 2.23. The van der Waals surface area contributed by atoms with Gasteiger partial charge in [0, 0.05) is 18.6 Å². The number of hydrogen-bond acceptors (Lipinski definition) is 4. The summed E-state index contributed by atoms with van der Waals surface area (Å²) >= 11 is 0. The van der Waals surface area contributed by atoms with Crippen LogP contribution >= 0.6 is 0 Å².